The first kappa shape index (κ1) is 34.5. The van der Waals surface area contributed by atoms with Gasteiger partial charge in [-0.15, -0.1) is 0 Å². The Morgan fingerprint density at radius 2 is 0.915 bits per heavy atom. The first-order chi connectivity index (χ1) is 29.3. The molecular formula is C54H38BN4. The summed E-state index contributed by atoms with van der Waals surface area (Å²) in [6.45, 7) is 0. The molecule has 1 aliphatic heterocycles. The van der Waals surface area contributed by atoms with Gasteiger partial charge in [-0.25, -0.2) is 0 Å². The summed E-state index contributed by atoms with van der Waals surface area (Å²) in [5.74, 6) is 0. The van der Waals surface area contributed by atoms with Crippen LogP contribution in [0, 0.1) is 0 Å². The third-order valence-corrected chi connectivity index (χ3v) is 11.3. The minimum Gasteiger partial charge on any atom is -0.355 e. The maximum atomic E-state index is 3.89. The number of hydrogen-bond donors (Lipinski definition) is 1. The molecule has 0 aliphatic carbocycles. The number of nitrogens with one attached hydrogen (secondary N) is 1. The minimum atomic E-state index is 1.01. The summed E-state index contributed by atoms with van der Waals surface area (Å²) in [7, 11) is 2.39. The van der Waals surface area contributed by atoms with E-state index in [1.54, 1.807) is 0 Å². The van der Waals surface area contributed by atoms with Crippen molar-refractivity contribution in [1.82, 2.24) is 4.57 Å². The first-order valence-electron chi connectivity index (χ1n) is 20.1. The maximum absolute atomic E-state index is 3.89. The van der Waals surface area contributed by atoms with Crippen LogP contribution in [0.25, 0.3) is 38.6 Å². The number of para-hydroxylation sites is 7. The van der Waals surface area contributed by atoms with Crippen molar-refractivity contribution < 1.29 is 0 Å². The van der Waals surface area contributed by atoms with Crippen LogP contribution in [0.3, 0.4) is 0 Å². The summed E-state index contributed by atoms with van der Waals surface area (Å²) in [4.78, 5) is 4.70. The van der Waals surface area contributed by atoms with Crippen molar-refractivity contribution in [1.29, 1.82) is 0 Å². The van der Waals surface area contributed by atoms with Crippen molar-refractivity contribution in [3.63, 3.8) is 0 Å². The minimum absolute atomic E-state index is 1.01. The number of benzene rings is 9. The lowest BCUT2D eigenvalue weighted by molar-refractivity contribution is 1.18. The van der Waals surface area contributed by atoms with Gasteiger partial charge in [0.15, 0.2) is 7.28 Å². The predicted octanol–water partition coefficient (Wildman–Crippen LogP) is 13.1. The zero-order valence-electron chi connectivity index (χ0n) is 32.3. The fourth-order valence-electron chi connectivity index (χ4n) is 8.77. The van der Waals surface area contributed by atoms with Crippen LogP contribution in [0.2, 0.25) is 0 Å². The predicted molar refractivity (Wildman–Crippen MR) is 250 cm³/mol. The van der Waals surface area contributed by atoms with Gasteiger partial charge >= 0.3 is 0 Å². The van der Waals surface area contributed by atoms with E-state index in [-0.39, 0.29) is 0 Å². The molecule has 0 amide bonds. The van der Waals surface area contributed by atoms with Gasteiger partial charge in [-0.2, -0.15) is 0 Å². The molecule has 10 aromatic rings. The number of rotatable bonds is 9. The summed E-state index contributed by atoms with van der Waals surface area (Å²) in [5.41, 5.74) is 16.7. The zero-order valence-corrected chi connectivity index (χ0v) is 32.3. The van der Waals surface area contributed by atoms with Gasteiger partial charge in [-0.1, -0.05) is 139 Å². The molecule has 2 heterocycles. The van der Waals surface area contributed by atoms with Gasteiger partial charge < -0.3 is 19.7 Å². The molecule has 5 heteroatoms. The molecule has 9 aromatic carbocycles. The van der Waals surface area contributed by atoms with Gasteiger partial charge in [0, 0.05) is 73.0 Å². The monoisotopic (exact) mass is 753 g/mol. The number of aromatic nitrogens is 1. The lowest BCUT2D eigenvalue weighted by atomic mass is 9.59. The average Bonchev–Trinajstić information content (AvgIpc) is 3.64. The fourth-order valence-corrected chi connectivity index (χ4v) is 8.77. The largest absolute Gasteiger partial charge is 0.355 e. The van der Waals surface area contributed by atoms with Gasteiger partial charge in [-0.05, 0) is 102 Å². The molecular weight excluding hydrogens is 715 g/mol. The van der Waals surface area contributed by atoms with Crippen LogP contribution in [0.4, 0.5) is 45.5 Å². The highest BCUT2D eigenvalue weighted by Gasteiger charge is 2.28. The van der Waals surface area contributed by atoms with Crippen LogP contribution < -0.4 is 26.0 Å². The summed E-state index contributed by atoms with van der Waals surface area (Å²) < 4.78 is 2.49. The molecule has 0 atom stereocenters. The lowest BCUT2D eigenvalue weighted by Crippen LogP contribution is -2.37. The quantitative estimate of drug-likeness (QED) is 0.149. The van der Waals surface area contributed by atoms with Gasteiger partial charge in [0.05, 0.1) is 5.52 Å². The Kier molecular flexibility index (Phi) is 8.56. The molecule has 1 aliphatic rings. The molecule has 11 rings (SSSR count). The van der Waals surface area contributed by atoms with Crippen LogP contribution >= 0.6 is 0 Å². The smallest absolute Gasteiger partial charge is 0.197 e. The van der Waals surface area contributed by atoms with Crippen LogP contribution in [0.15, 0.2) is 224 Å². The zero-order chi connectivity index (χ0) is 39.1. The fraction of sp³-hybridized carbons (Fsp3) is 0. The van der Waals surface area contributed by atoms with Gasteiger partial charge in [0.1, 0.15) is 0 Å². The third-order valence-electron chi connectivity index (χ3n) is 11.3. The SMILES string of the molecule is [B]1c2c(-c3ccc(N(c4ccccc4)c4ccccc4)cc3Nc3ccccc3)cc(N(c3ccccc3)c3ccccc3)cc2-n2c3ccccc3c3cccc1c32. The molecule has 0 bridgehead atoms. The molecule has 0 fully saturated rings. The molecule has 59 heavy (non-hydrogen) atoms. The Bertz CT molecular complexity index is 3020. The summed E-state index contributed by atoms with van der Waals surface area (Å²) in [5, 5.41) is 6.40. The Labute approximate surface area is 345 Å². The van der Waals surface area contributed by atoms with Crippen LogP contribution in [-0.2, 0) is 0 Å². The van der Waals surface area contributed by atoms with Crippen LogP contribution in [0.1, 0.15) is 0 Å². The molecule has 277 valence electrons. The third kappa shape index (κ3) is 6.12. The maximum Gasteiger partial charge on any atom is 0.197 e. The number of fused-ring (bicyclic) bond motifs is 5. The van der Waals surface area contributed by atoms with Crippen molar-refractivity contribution in [3.8, 4) is 16.8 Å². The van der Waals surface area contributed by atoms with Crippen molar-refractivity contribution in [2.75, 3.05) is 15.1 Å². The highest BCUT2D eigenvalue weighted by atomic mass is 15.2. The van der Waals surface area contributed by atoms with E-state index >= 15 is 0 Å². The molecule has 0 spiro atoms. The molecule has 1 aromatic heterocycles. The normalized spacial score (nSPS) is 11.5. The summed E-state index contributed by atoms with van der Waals surface area (Å²) in [6, 6.07) is 80.2. The average molecular weight is 754 g/mol. The van der Waals surface area contributed by atoms with Gasteiger partial charge in [0.25, 0.3) is 0 Å². The second-order valence-corrected chi connectivity index (χ2v) is 14.9. The van der Waals surface area contributed by atoms with Crippen molar-refractivity contribution >= 4 is 85.5 Å². The van der Waals surface area contributed by atoms with E-state index in [9.17, 15) is 0 Å². The van der Waals surface area contributed by atoms with E-state index in [0.717, 1.165) is 62.3 Å². The molecule has 4 nitrogen and oxygen atoms in total. The van der Waals surface area contributed by atoms with E-state index in [1.807, 2.05) is 0 Å². The Balaban J connectivity index is 1.21. The molecule has 1 N–H and O–H groups in total. The highest BCUT2D eigenvalue weighted by Crippen LogP contribution is 2.44. The number of anilines is 8. The molecule has 1 radical (unpaired) electrons. The second kappa shape index (κ2) is 14.6. The summed E-state index contributed by atoms with van der Waals surface area (Å²) >= 11 is 0. The topological polar surface area (TPSA) is 23.4 Å². The van der Waals surface area contributed by atoms with Crippen LogP contribution in [0.5, 0.6) is 0 Å². The molecule has 0 saturated heterocycles. The van der Waals surface area contributed by atoms with Crippen molar-refractivity contribution in [2.45, 2.75) is 0 Å². The Morgan fingerprint density at radius 1 is 0.390 bits per heavy atom. The number of nitrogens with zero attached hydrogens (tertiary/aromatic N) is 3. The van der Waals surface area contributed by atoms with E-state index in [1.165, 1.54) is 32.7 Å². The van der Waals surface area contributed by atoms with Crippen molar-refractivity contribution in [3.05, 3.63) is 224 Å². The van der Waals surface area contributed by atoms with Crippen LogP contribution in [-0.4, -0.2) is 11.8 Å². The summed E-state index contributed by atoms with van der Waals surface area (Å²) in [6.07, 6.45) is 0. The first-order valence-corrected chi connectivity index (χ1v) is 20.1. The Hall–Kier alpha value is -7.76. The van der Waals surface area contributed by atoms with Gasteiger partial charge in [0.2, 0.25) is 0 Å². The molecule has 0 saturated carbocycles. The van der Waals surface area contributed by atoms with E-state index in [0.29, 0.717) is 0 Å². The number of hydrogen-bond acceptors (Lipinski definition) is 3. The lowest BCUT2D eigenvalue weighted by Gasteiger charge is -2.31. The Morgan fingerprint density at radius 3 is 1.53 bits per heavy atom. The van der Waals surface area contributed by atoms with Crippen molar-refractivity contribution in [2.24, 2.45) is 0 Å². The highest BCUT2D eigenvalue weighted by molar-refractivity contribution is 6.73. The van der Waals surface area contributed by atoms with E-state index in [2.05, 4.69) is 251 Å². The van der Waals surface area contributed by atoms with E-state index < -0.39 is 0 Å². The van der Waals surface area contributed by atoms with E-state index in [4.69, 9.17) is 0 Å². The molecule has 0 unspecified atom stereocenters. The van der Waals surface area contributed by atoms with Gasteiger partial charge in [-0.3, -0.25) is 0 Å². The standard InChI is InChI=1S/C54H38BN4/c1-6-19-38(20-7-1)56-50-36-43(57(39-21-8-2-9-22-39)40-23-10-3-11-24-40)33-34-45(50)48-35-44(58(41-25-12-4-13-26-41)42-27-14-5-15-28-42)37-52-53(48)55-49-31-18-30-47-46-29-16-17-32-51(46)59(52)54(47)49/h1-37,56H. The second-order valence-electron chi connectivity index (χ2n) is 14.9.